The predicted molar refractivity (Wildman–Crippen MR) is 190 cm³/mol. The number of hydrogen-bond donors (Lipinski definition) is 0. The Balaban J connectivity index is 1.10. The highest BCUT2D eigenvalue weighted by Crippen LogP contribution is 2.39. The molecule has 0 spiro atoms. The Hall–Kier alpha value is -5.92. The van der Waals surface area contributed by atoms with E-state index >= 15 is 0 Å². The van der Waals surface area contributed by atoms with E-state index in [1.807, 2.05) is 12.1 Å². The van der Waals surface area contributed by atoms with Gasteiger partial charge in [0.1, 0.15) is 11.2 Å². The highest BCUT2D eigenvalue weighted by molar-refractivity contribution is 6.15. The first-order valence-corrected chi connectivity index (χ1v) is 15.4. The molecule has 8 aromatic carbocycles. The Morgan fingerprint density at radius 3 is 1.64 bits per heavy atom. The molecule has 0 saturated heterocycles. The Bertz CT molecular complexity index is 2500. The number of para-hydroxylation sites is 1. The molecule has 0 unspecified atom stereocenters. The van der Waals surface area contributed by atoms with Crippen LogP contribution in [0.4, 0.5) is 0 Å². The highest BCUT2D eigenvalue weighted by atomic mass is 16.3. The van der Waals surface area contributed by atoms with Gasteiger partial charge in [0.25, 0.3) is 0 Å². The van der Waals surface area contributed by atoms with Crippen molar-refractivity contribution in [2.24, 2.45) is 0 Å². The lowest BCUT2D eigenvalue weighted by atomic mass is 9.90. The maximum Gasteiger partial charge on any atom is 0.136 e. The molecule has 0 amide bonds. The van der Waals surface area contributed by atoms with E-state index in [0.29, 0.717) is 0 Å². The molecule has 0 aliphatic heterocycles. The summed E-state index contributed by atoms with van der Waals surface area (Å²) in [6.07, 6.45) is 0. The number of fused-ring (bicyclic) bond motifs is 6. The van der Waals surface area contributed by atoms with Crippen LogP contribution in [0.1, 0.15) is 0 Å². The summed E-state index contributed by atoms with van der Waals surface area (Å²) in [4.78, 5) is 0. The Kier molecular flexibility index (Phi) is 5.89. The third kappa shape index (κ3) is 4.32. The van der Waals surface area contributed by atoms with Crippen LogP contribution in [0.3, 0.4) is 0 Å². The van der Waals surface area contributed by atoms with Crippen molar-refractivity contribution in [3.63, 3.8) is 0 Å². The minimum absolute atomic E-state index is 0.922. The second-order valence-corrected chi connectivity index (χ2v) is 11.7. The van der Waals surface area contributed by atoms with Gasteiger partial charge in [0.2, 0.25) is 0 Å². The van der Waals surface area contributed by atoms with Gasteiger partial charge < -0.3 is 4.42 Å². The van der Waals surface area contributed by atoms with Gasteiger partial charge in [0.05, 0.1) is 0 Å². The lowest BCUT2D eigenvalue weighted by Crippen LogP contribution is -1.87. The van der Waals surface area contributed by atoms with Gasteiger partial charge in [-0.1, -0.05) is 146 Å². The first-order chi connectivity index (χ1) is 22.3. The molecule has 1 heterocycles. The van der Waals surface area contributed by atoms with Gasteiger partial charge >= 0.3 is 0 Å². The fourth-order valence-corrected chi connectivity index (χ4v) is 6.85. The summed E-state index contributed by atoms with van der Waals surface area (Å²) in [6.45, 7) is 0. The second-order valence-electron chi connectivity index (χ2n) is 11.7. The van der Waals surface area contributed by atoms with Crippen molar-refractivity contribution in [2.45, 2.75) is 0 Å². The van der Waals surface area contributed by atoms with Gasteiger partial charge in [0.15, 0.2) is 0 Å². The summed E-state index contributed by atoms with van der Waals surface area (Å²) in [6, 6.07) is 61.1. The molecular formula is C44H28O. The van der Waals surface area contributed by atoms with Gasteiger partial charge in [-0.15, -0.1) is 0 Å². The third-order valence-electron chi connectivity index (χ3n) is 9.10. The van der Waals surface area contributed by atoms with E-state index in [1.165, 1.54) is 71.4 Å². The van der Waals surface area contributed by atoms with Crippen LogP contribution in [-0.4, -0.2) is 0 Å². The lowest BCUT2D eigenvalue weighted by Gasteiger charge is -2.14. The van der Waals surface area contributed by atoms with E-state index < -0.39 is 0 Å². The van der Waals surface area contributed by atoms with Crippen molar-refractivity contribution in [1.29, 1.82) is 0 Å². The molecule has 0 bridgehead atoms. The first kappa shape index (κ1) is 25.6. The van der Waals surface area contributed by atoms with E-state index in [-0.39, 0.29) is 0 Å². The summed E-state index contributed by atoms with van der Waals surface area (Å²) in [7, 11) is 0. The predicted octanol–water partition coefficient (Wildman–Crippen LogP) is 12.6. The smallest absolute Gasteiger partial charge is 0.136 e. The van der Waals surface area contributed by atoms with Crippen LogP contribution in [0.25, 0.3) is 88.0 Å². The molecule has 1 aromatic heterocycles. The van der Waals surface area contributed by atoms with E-state index in [2.05, 4.69) is 158 Å². The van der Waals surface area contributed by atoms with Gasteiger partial charge in [-0.05, 0) is 90.3 Å². The van der Waals surface area contributed by atoms with Gasteiger partial charge in [-0.3, -0.25) is 0 Å². The molecule has 45 heavy (non-hydrogen) atoms. The normalized spacial score (nSPS) is 11.6. The molecule has 0 fully saturated rings. The zero-order valence-corrected chi connectivity index (χ0v) is 24.6. The number of benzene rings is 8. The SMILES string of the molecule is c1ccc(-c2ccc3c(c2)c(-c2ccc(-c4ccc(-c5cccc6oc7ccccc7c56)cc4)cc2)cc2ccccc23)cc1. The largest absolute Gasteiger partial charge is 0.456 e. The van der Waals surface area contributed by atoms with Gasteiger partial charge in [-0.25, -0.2) is 0 Å². The lowest BCUT2D eigenvalue weighted by molar-refractivity contribution is 0.669. The summed E-state index contributed by atoms with van der Waals surface area (Å²) < 4.78 is 6.13. The Labute approximate surface area is 261 Å². The quantitative estimate of drug-likeness (QED) is 0.191. The topological polar surface area (TPSA) is 13.1 Å². The molecule has 0 saturated carbocycles. The van der Waals surface area contributed by atoms with E-state index in [4.69, 9.17) is 4.42 Å². The first-order valence-electron chi connectivity index (χ1n) is 15.4. The number of hydrogen-bond acceptors (Lipinski definition) is 1. The maximum absolute atomic E-state index is 6.13. The number of furan rings is 1. The molecule has 210 valence electrons. The molecule has 0 N–H and O–H groups in total. The van der Waals surface area contributed by atoms with E-state index in [9.17, 15) is 0 Å². The third-order valence-corrected chi connectivity index (χ3v) is 9.10. The molecule has 9 rings (SSSR count). The van der Waals surface area contributed by atoms with Crippen LogP contribution in [0, 0.1) is 0 Å². The van der Waals surface area contributed by atoms with Crippen LogP contribution in [-0.2, 0) is 0 Å². The van der Waals surface area contributed by atoms with Crippen molar-refractivity contribution in [1.82, 2.24) is 0 Å². The summed E-state index contributed by atoms with van der Waals surface area (Å²) in [5.74, 6) is 0. The fraction of sp³-hybridized carbons (Fsp3) is 0. The molecule has 9 aromatic rings. The number of rotatable bonds is 4. The van der Waals surface area contributed by atoms with Crippen molar-refractivity contribution in [3.8, 4) is 44.5 Å². The fourth-order valence-electron chi connectivity index (χ4n) is 6.85. The van der Waals surface area contributed by atoms with Crippen molar-refractivity contribution >= 4 is 43.5 Å². The van der Waals surface area contributed by atoms with Crippen LogP contribution in [0.15, 0.2) is 174 Å². The molecular weight excluding hydrogens is 544 g/mol. The molecule has 0 aliphatic rings. The summed E-state index contributed by atoms with van der Waals surface area (Å²) in [5.41, 5.74) is 11.6. The molecule has 0 radical (unpaired) electrons. The van der Waals surface area contributed by atoms with Crippen LogP contribution < -0.4 is 0 Å². The second kappa shape index (κ2) is 10.4. The Morgan fingerprint density at radius 1 is 0.289 bits per heavy atom. The average molecular weight is 573 g/mol. The summed E-state index contributed by atoms with van der Waals surface area (Å²) >= 11 is 0. The molecule has 1 heteroatoms. The minimum Gasteiger partial charge on any atom is -0.456 e. The average Bonchev–Trinajstić information content (AvgIpc) is 3.51. The van der Waals surface area contributed by atoms with Gasteiger partial charge in [-0.2, -0.15) is 0 Å². The monoisotopic (exact) mass is 572 g/mol. The van der Waals surface area contributed by atoms with Gasteiger partial charge in [0, 0.05) is 10.8 Å². The van der Waals surface area contributed by atoms with Crippen LogP contribution in [0.5, 0.6) is 0 Å². The zero-order valence-electron chi connectivity index (χ0n) is 24.6. The van der Waals surface area contributed by atoms with E-state index in [0.717, 1.165) is 16.6 Å². The highest BCUT2D eigenvalue weighted by Gasteiger charge is 2.13. The summed E-state index contributed by atoms with van der Waals surface area (Å²) in [5, 5.41) is 7.42. The maximum atomic E-state index is 6.13. The molecule has 0 aliphatic carbocycles. The minimum atomic E-state index is 0.922. The van der Waals surface area contributed by atoms with Crippen LogP contribution >= 0.6 is 0 Å². The van der Waals surface area contributed by atoms with Crippen molar-refractivity contribution in [2.75, 3.05) is 0 Å². The van der Waals surface area contributed by atoms with Crippen LogP contribution in [0.2, 0.25) is 0 Å². The zero-order chi connectivity index (χ0) is 29.7. The molecule has 1 nitrogen and oxygen atoms in total. The standard InChI is InChI=1S/C44H28O/c1-2-9-29(10-3-1)34-25-26-38-36-12-5-4-11-35(36)28-40(41(38)27-34)33-23-19-31(20-24-33)30-17-21-32(22-18-30)37-14-8-16-43-44(37)39-13-6-7-15-42(39)45-43/h1-28H. The van der Waals surface area contributed by atoms with Crippen molar-refractivity contribution in [3.05, 3.63) is 170 Å². The molecule has 0 atom stereocenters. The Morgan fingerprint density at radius 2 is 0.867 bits per heavy atom. The van der Waals surface area contributed by atoms with Crippen molar-refractivity contribution < 1.29 is 4.42 Å². The van der Waals surface area contributed by atoms with E-state index in [1.54, 1.807) is 0 Å².